The van der Waals surface area contributed by atoms with E-state index in [4.69, 9.17) is 19.9 Å². The molecule has 2 aliphatic heterocycles. The maximum Gasteiger partial charge on any atom is 0.193 e. The van der Waals surface area contributed by atoms with Crippen LogP contribution in [-0.4, -0.2) is 52.7 Å². The van der Waals surface area contributed by atoms with Gasteiger partial charge in [0, 0.05) is 23.4 Å². The molecule has 6 rings (SSSR count). The molecule has 4 atom stereocenters. The number of aliphatic hydroxyl groups excluding tert-OH is 1. The van der Waals surface area contributed by atoms with E-state index >= 15 is 0 Å². The quantitative estimate of drug-likeness (QED) is 0.414. The first-order valence-corrected chi connectivity index (χ1v) is 10.8. The zero-order valence-corrected chi connectivity index (χ0v) is 17.6. The zero-order valence-electron chi connectivity index (χ0n) is 17.6. The Balaban J connectivity index is 1.25. The fraction of sp³-hybridized carbons (Fsp3) is 0.240. The molecule has 168 valence electrons. The van der Waals surface area contributed by atoms with E-state index < -0.39 is 11.9 Å². The monoisotopic (exact) mass is 447 g/mol. The molecule has 2 saturated heterocycles. The van der Waals surface area contributed by atoms with Crippen molar-refractivity contribution in [1.29, 1.82) is 0 Å². The smallest absolute Gasteiger partial charge is 0.193 e. The number of nitrogens with zero attached hydrogens (tertiary/aromatic N) is 1. The normalized spacial score (nSPS) is 24.3. The molecule has 2 aliphatic rings. The van der Waals surface area contributed by atoms with E-state index in [1.807, 2.05) is 48.5 Å². The van der Waals surface area contributed by atoms with Crippen molar-refractivity contribution in [2.75, 3.05) is 18.9 Å². The fourth-order valence-corrected chi connectivity index (χ4v) is 4.48. The summed E-state index contributed by atoms with van der Waals surface area (Å²) in [5.41, 5.74) is 10.6. The summed E-state index contributed by atoms with van der Waals surface area (Å²) in [6.45, 7) is 0.546. The minimum absolute atomic E-state index is 0.231. The summed E-state index contributed by atoms with van der Waals surface area (Å²) in [6.07, 6.45) is -1.70. The Kier molecular flexibility index (Phi) is 4.79. The second-order valence-electron chi connectivity index (χ2n) is 8.40. The Labute approximate surface area is 188 Å². The van der Waals surface area contributed by atoms with Gasteiger partial charge in [-0.15, -0.1) is 0 Å². The van der Waals surface area contributed by atoms with Gasteiger partial charge in [0.2, 0.25) is 0 Å². The Morgan fingerprint density at radius 3 is 2.36 bits per heavy atom. The number of anilines is 1. The maximum absolute atomic E-state index is 14.9. The molecule has 0 spiro atoms. The van der Waals surface area contributed by atoms with Gasteiger partial charge in [-0.2, -0.15) is 0 Å². The van der Waals surface area contributed by atoms with Crippen LogP contribution in [0.15, 0.2) is 60.7 Å². The number of nitrogens with one attached hydrogen (secondary N) is 1. The number of ether oxygens (including phenoxy) is 3. The third-order valence-corrected chi connectivity index (χ3v) is 6.19. The van der Waals surface area contributed by atoms with Gasteiger partial charge in [-0.3, -0.25) is 0 Å². The van der Waals surface area contributed by atoms with Crippen LogP contribution in [0.3, 0.4) is 0 Å². The van der Waals surface area contributed by atoms with Gasteiger partial charge in [0.15, 0.2) is 17.8 Å². The molecule has 2 unspecified atom stereocenters. The van der Waals surface area contributed by atoms with E-state index in [-0.39, 0.29) is 30.6 Å². The van der Waals surface area contributed by atoms with Gasteiger partial charge >= 0.3 is 0 Å². The molecule has 0 aliphatic carbocycles. The van der Waals surface area contributed by atoms with E-state index in [0.717, 1.165) is 11.1 Å². The van der Waals surface area contributed by atoms with Crippen molar-refractivity contribution in [3.05, 3.63) is 66.5 Å². The fourth-order valence-electron chi connectivity index (χ4n) is 4.48. The lowest BCUT2D eigenvalue weighted by Crippen LogP contribution is -2.34. The third kappa shape index (κ3) is 3.62. The molecule has 33 heavy (non-hydrogen) atoms. The third-order valence-electron chi connectivity index (χ3n) is 6.19. The van der Waals surface area contributed by atoms with Gasteiger partial charge in [-0.1, -0.05) is 36.4 Å². The molecule has 4 heterocycles. The summed E-state index contributed by atoms with van der Waals surface area (Å²) >= 11 is 0. The van der Waals surface area contributed by atoms with Crippen LogP contribution in [0.5, 0.6) is 5.88 Å². The lowest BCUT2D eigenvalue weighted by molar-refractivity contribution is 0.00794. The summed E-state index contributed by atoms with van der Waals surface area (Å²) in [7, 11) is 0. The van der Waals surface area contributed by atoms with Crippen molar-refractivity contribution in [1.82, 2.24) is 9.97 Å². The number of pyridine rings is 1. The largest absolute Gasteiger partial charge is 0.470 e. The molecular weight excluding hydrogens is 425 g/mol. The number of fused-ring (bicyclic) bond motifs is 2. The SMILES string of the molecule is Nc1ccc(-c2ccc(-c3nc4cc(OC5CO[C@@H]6C(O)CO[C@H]56)[nH]c4cc3F)cc2)cc1. The van der Waals surface area contributed by atoms with Gasteiger partial charge in [-0.05, 0) is 23.3 Å². The van der Waals surface area contributed by atoms with Crippen molar-refractivity contribution in [2.45, 2.75) is 24.4 Å². The van der Waals surface area contributed by atoms with Gasteiger partial charge in [-0.25, -0.2) is 9.37 Å². The van der Waals surface area contributed by atoms with Crippen LogP contribution in [0.1, 0.15) is 0 Å². The van der Waals surface area contributed by atoms with Crippen molar-refractivity contribution in [2.24, 2.45) is 0 Å². The van der Waals surface area contributed by atoms with Crippen molar-refractivity contribution in [3.8, 4) is 28.3 Å². The minimum Gasteiger partial charge on any atom is -0.470 e. The van der Waals surface area contributed by atoms with Crippen LogP contribution >= 0.6 is 0 Å². The summed E-state index contributed by atoms with van der Waals surface area (Å²) in [5.74, 6) is 0.0228. The van der Waals surface area contributed by atoms with Gasteiger partial charge < -0.3 is 30.0 Å². The van der Waals surface area contributed by atoms with Crippen molar-refractivity contribution in [3.63, 3.8) is 0 Å². The highest BCUT2D eigenvalue weighted by Gasteiger charge is 2.48. The maximum atomic E-state index is 14.9. The topological polar surface area (TPSA) is 103 Å². The molecule has 7 nitrogen and oxygen atoms in total. The van der Waals surface area contributed by atoms with Gasteiger partial charge in [0.05, 0.1) is 24.2 Å². The van der Waals surface area contributed by atoms with Crippen LogP contribution < -0.4 is 10.5 Å². The highest BCUT2D eigenvalue weighted by Crippen LogP contribution is 2.32. The molecule has 4 N–H and O–H groups in total. The highest BCUT2D eigenvalue weighted by molar-refractivity contribution is 5.81. The lowest BCUT2D eigenvalue weighted by Gasteiger charge is -2.16. The minimum atomic E-state index is -0.643. The van der Waals surface area contributed by atoms with Crippen LogP contribution in [0.25, 0.3) is 33.4 Å². The van der Waals surface area contributed by atoms with Crippen LogP contribution in [-0.2, 0) is 9.47 Å². The number of aromatic amines is 1. The molecule has 2 fully saturated rings. The van der Waals surface area contributed by atoms with Crippen LogP contribution in [0.4, 0.5) is 10.1 Å². The Morgan fingerprint density at radius 2 is 1.61 bits per heavy atom. The average Bonchev–Trinajstić information content (AvgIpc) is 3.51. The molecule has 0 bridgehead atoms. The Morgan fingerprint density at radius 1 is 0.939 bits per heavy atom. The molecule has 2 aromatic carbocycles. The standard InChI is InChI=1S/C25H22FN3O4/c26-17-9-18-19(10-22(28-18)33-21-12-32-24-20(30)11-31-25(21)24)29-23(17)15-3-1-13(2-4-15)14-5-7-16(27)8-6-14/h1-10,20-21,24-25,28,30H,11-12,27H2/t20?,21?,24-,25-/m1/s1. The summed E-state index contributed by atoms with van der Waals surface area (Å²) < 4.78 is 32.1. The van der Waals surface area contributed by atoms with E-state index in [1.165, 1.54) is 6.07 Å². The van der Waals surface area contributed by atoms with E-state index in [0.29, 0.717) is 34.8 Å². The molecule has 8 heteroatoms. The lowest BCUT2D eigenvalue weighted by atomic mass is 10.0. The molecular formula is C25H22FN3O4. The predicted octanol–water partition coefficient (Wildman–Crippen LogP) is 3.52. The highest BCUT2D eigenvalue weighted by atomic mass is 19.1. The van der Waals surface area contributed by atoms with Gasteiger partial charge in [0.25, 0.3) is 0 Å². The number of H-pyrrole nitrogens is 1. The number of hydrogen-bond donors (Lipinski definition) is 3. The number of nitrogen functional groups attached to an aromatic ring is 1. The number of hydrogen-bond acceptors (Lipinski definition) is 6. The molecule has 0 radical (unpaired) electrons. The first-order chi connectivity index (χ1) is 16.0. The first-order valence-electron chi connectivity index (χ1n) is 10.8. The van der Waals surface area contributed by atoms with Crippen LogP contribution in [0, 0.1) is 5.82 Å². The molecule has 2 aromatic heterocycles. The first kappa shape index (κ1) is 20.2. The summed E-state index contributed by atoms with van der Waals surface area (Å²) in [4.78, 5) is 7.59. The van der Waals surface area contributed by atoms with Crippen LogP contribution in [0.2, 0.25) is 0 Å². The number of aliphatic hydroxyl groups is 1. The predicted molar refractivity (Wildman–Crippen MR) is 121 cm³/mol. The van der Waals surface area contributed by atoms with E-state index in [1.54, 1.807) is 6.07 Å². The number of rotatable bonds is 4. The number of aromatic nitrogens is 2. The Bertz CT molecular complexity index is 1310. The molecule has 4 aromatic rings. The molecule has 0 saturated carbocycles. The van der Waals surface area contributed by atoms with Crippen molar-refractivity contribution >= 4 is 16.7 Å². The summed E-state index contributed by atoms with van der Waals surface area (Å²) in [5, 5.41) is 9.89. The van der Waals surface area contributed by atoms with Gasteiger partial charge in [0.1, 0.15) is 24.0 Å². The number of halogens is 1. The number of nitrogens with two attached hydrogens (primary N) is 1. The van der Waals surface area contributed by atoms with E-state index in [2.05, 4.69) is 9.97 Å². The second kappa shape index (κ2) is 7.84. The summed E-state index contributed by atoms with van der Waals surface area (Å²) in [6, 6.07) is 18.3. The second-order valence-corrected chi connectivity index (χ2v) is 8.40. The average molecular weight is 447 g/mol. The Hall–Kier alpha value is -3.46. The van der Waals surface area contributed by atoms with Crippen molar-refractivity contribution < 1.29 is 23.7 Å². The zero-order chi connectivity index (χ0) is 22.5. The van der Waals surface area contributed by atoms with E-state index in [9.17, 15) is 9.50 Å². The molecule has 0 amide bonds. The number of benzene rings is 2.